The zero-order valence-corrected chi connectivity index (χ0v) is 15.4. The summed E-state index contributed by atoms with van der Waals surface area (Å²) in [6.07, 6.45) is 0. The van der Waals surface area contributed by atoms with Gasteiger partial charge in [-0.15, -0.1) is 0 Å². The van der Waals surface area contributed by atoms with Crippen molar-refractivity contribution < 1.29 is 42.8 Å². The van der Waals surface area contributed by atoms with Gasteiger partial charge in [0.25, 0.3) is 7.82 Å². The first-order valence-corrected chi connectivity index (χ1v) is 8.49. The lowest BCUT2D eigenvalue weighted by Crippen LogP contribution is -3.06. The zero-order chi connectivity index (χ0) is 19.3. The van der Waals surface area contributed by atoms with Crippen molar-refractivity contribution in [3.8, 4) is 0 Å². The van der Waals surface area contributed by atoms with Crippen LogP contribution >= 0.6 is 7.82 Å². The van der Waals surface area contributed by atoms with Gasteiger partial charge in [-0.3, -0.25) is 4.57 Å². The predicted molar refractivity (Wildman–Crippen MR) is 91.7 cm³/mol. The van der Waals surface area contributed by atoms with Crippen LogP contribution in [0.25, 0.3) is 0 Å². The number of esters is 2. The minimum atomic E-state index is -4.71. The first kappa shape index (κ1) is 28.3. The quantitative estimate of drug-likeness (QED) is 0.235. The van der Waals surface area contributed by atoms with Gasteiger partial charge in [-0.2, -0.15) is 0 Å². The Bertz CT molecular complexity index is 484. The van der Waals surface area contributed by atoms with Gasteiger partial charge in [-0.25, -0.2) is 9.59 Å². The third-order valence-corrected chi connectivity index (χ3v) is 2.61. The highest BCUT2D eigenvalue weighted by atomic mass is 31.2. The fourth-order valence-electron chi connectivity index (χ4n) is 0.881. The Kier molecular flexibility index (Phi) is 16.8. The molecule has 0 aliphatic rings. The Hall–Kier alpha value is -1.51. The van der Waals surface area contributed by atoms with Gasteiger partial charge in [-0.05, 0) is 13.8 Å². The molecule has 0 fully saturated rings. The predicted octanol–water partition coefficient (Wildman–Crippen LogP) is -0.531. The normalized spacial score (nSPS) is 12.0. The summed E-state index contributed by atoms with van der Waals surface area (Å²) >= 11 is 0. The molecule has 25 heavy (non-hydrogen) atoms. The van der Waals surface area contributed by atoms with Gasteiger partial charge in [0.2, 0.25) is 0 Å². The SMILES string of the molecule is C.C=C(C)C(=O)OCCOP(=O)([O-])O.C=C(C)C(=O)OCC[NH+](C)C. The summed E-state index contributed by atoms with van der Waals surface area (Å²) < 4.78 is 23.2. The van der Waals surface area contributed by atoms with Crippen LogP contribution in [0.3, 0.4) is 0 Å². The first-order valence-electron chi connectivity index (χ1n) is 6.99. The number of carbonyl (C=O) groups is 2. The minimum absolute atomic E-state index is 0. The van der Waals surface area contributed by atoms with Crippen molar-refractivity contribution in [2.75, 3.05) is 40.5 Å². The van der Waals surface area contributed by atoms with E-state index in [2.05, 4.69) is 22.4 Å². The molecule has 0 aromatic rings. The number of nitrogens with one attached hydrogen (secondary N) is 1. The summed E-state index contributed by atoms with van der Waals surface area (Å²) in [5.74, 6) is -0.937. The summed E-state index contributed by atoms with van der Waals surface area (Å²) in [4.78, 5) is 40.9. The van der Waals surface area contributed by atoms with Gasteiger partial charge in [0.15, 0.2) is 0 Å². The number of hydrogen-bond acceptors (Lipinski definition) is 7. The molecule has 1 unspecified atom stereocenters. The molecule has 0 aromatic heterocycles. The van der Waals surface area contributed by atoms with E-state index in [1.54, 1.807) is 6.92 Å². The van der Waals surface area contributed by atoms with Crippen molar-refractivity contribution in [3.05, 3.63) is 24.3 Å². The van der Waals surface area contributed by atoms with E-state index in [1.165, 1.54) is 11.8 Å². The Balaban J connectivity index is -0.000000377. The Morgan fingerprint density at radius 3 is 1.76 bits per heavy atom. The molecular formula is C15H30NO8P. The van der Waals surface area contributed by atoms with Crippen LogP contribution in [0.4, 0.5) is 0 Å². The maximum absolute atomic E-state index is 10.8. The summed E-state index contributed by atoms with van der Waals surface area (Å²) in [5.41, 5.74) is 0.660. The molecule has 0 saturated heterocycles. The average Bonchev–Trinajstić information content (AvgIpc) is 2.42. The smallest absolute Gasteiger partial charge is 0.333 e. The molecule has 0 amide bonds. The Morgan fingerprint density at radius 2 is 1.44 bits per heavy atom. The number of phosphoric acid groups is 1. The molecule has 0 aliphatic carbocycles. The van der Waals surface area contributed by atoms with Crippen LogP contribution in [0.15, 0.2) is 24.3 Å². The fraction of sp³-hybridized carbons (Fsp3) is 0.600. The Labute approximate surface area is 149 Å². The highest BCUT2D eigenvalue weighted by molar-refractivity contribution is 7.44. The largest absolute Gasteiger partial charge is 0.756 e. The lowest BCUT2D eigenvalue weighted by molar-refractivity contribution is -0.858. The summed E-state index contributed by atoms with van der Waals surface area (Å²) in [6, 6.07) is 0. The zero-order valence-electron chi connectivity index (χ0n) is 14.5. The van der Waals surface area contributed by atoms with E-state index in [1.807, 2.05) is 14.1 Å². The number of rotatable bonds is 9. The molecule has 148 valence electrons. The van der Waals surface area contributed by atoms with E-state index >= 15 is 0 Å². The summed E-state index contributed by atoms with van der Waals surface area (Å²) in [7, 11) is -0.696. The van der Waals surface area contributed by atoms with Crippen LogP contribution in [-0.2, 0) is 28.2 Å². The molecule has 0 bridgehead atoms. The molecule has 0 radical (unpaired) electrons. The van der Waals surface area contributed by atoms with E-state index in [4.69, 9.17) is 9.63 Å². The second kappa shape index (κ2) is 14.8. The molecule has 0 heterocycles. The van der Waals surface area contributed by atoms with E-state index in [9.17, 15) is 19.0 Å². The third kappa shape index (κ3) is 22.5. The average molecular weight is 383 g/mol. The molecule has 0 rings (SSSR count). The number of phosphoric ester groups is 1. The molecule has 2 N–H and O–H groups in total. The maximum atomic E-state index is 10.8. The highest BCUT2D eigenvalue weighted by Crippen LogP contribution is 2.29. The van der Waals surface area contributed by atoms with Gasteiger partial charge in [0.05, 0.1) is 20.7 Å². The van der Waals surface area contributed by atoms with Crippen LogP contribution < -0.4 is 9.79 Å². The highest BCUT2D eigenvalue weighted by Gasteiger charge is 2.05. The van der Waals surface area contributed by atoms with Gasteiger partial charge < -0.3 is 28.7 Å². The van der Waals surface area contributed by atoms with Crippen LogP contribution in [0.5, 0.6) is 0 Å². The monoisotopic (exact) mass is 383 g/mol. The number of likely N-dealkylation sites (N-methyl/N-ethyl adjacent to an activating group) is 1. The molecular weight excluding hydrogens is 353 g/mol. The van der Waals surface area contributed by atoms with Crippen molar-refractivity contribution in [2.24, 2.45) is 0 Å². The topological polar surface area (TPSA) is 127 Å². The molecule has 0 aromatic carbocycles. The van der Waals surface area contributed by atoms with Crippen LogP contribution in [0.2, 0.25) is 0 Å². The first-order chi connectivity index (χ1) is 10.9. The van der Waals surface area contributed by atoms with Gasteiger partial charge in [-0.1, -0.05) is 20.6 Å². The van der Waals surface area contributed by atoms with E-state index in [-0.39, 0.29) is 25.6 Å². The van der Waals surface area contributed by atoms with Crippen molar-refractivity contribution in [3.63, 3.8) is 0 Å². The van der Waals surface area contributed by atoms with Crippen LogP contribution in [0.1, 0.15) is 21.3 Å². The summed E-state index contributed by atoms with van der Waals surface area (Å²) in [6.45, 7) is 10.5. The van der Waals surface area contributed by atoms with Gasteiger partial charge in [0.1, 0.15) is 19.8 Å². The standard InChI is InChI=1S/C8H15NO2.C6H11O6P.CH4/c1-7(2)8(10)11-6-5-9(3)4;1-5(2)6(7)11-3-4-12-13(8,9)10;/h1,5-6H2,2-4H3;1,3-4H2,2H3,(H2,8,9,10);1H4. The van der Waals surface area contributed by atoms with E-state index < -0.39 is 20.4 Å². The van der Waals surface area contributed by atoms with Gasteiger partial charge >= 0.3 is 11.9 Å². The second-order valence-corrected chi connectivity index (χ2v) is 6.29. The van der Waals surface area contributed by atoms with Crippen molar-refractivity contribution in [2.45, 2.75) is 21.3 Å². The summed E-state index contributed by atoms with van der Waals surface area (Å²) in [5, 5.41) is 0. The third-order valence-electron chi connectivity index (χ3n) is 2.10. The Morgan fingerprint density at radius 1 is 1.04 bits per heavy atom. The minimum Gasteiger partial charge on any atom is -0.756 e. The van der Waals surface area contributed by atoms with Crippen molar-refractivity contribution in [1.29, 1.82) is 0 Å². The lowest BCUT2D eigenvalue weighted by Gasteiger charge is -2.14. The van der Waals surface area contributed by atoms with Crippen LogP contribution in [-0.4, -0.2) is 57.3 Å². The second-order valence-electron chi connectivity index (χ2n) is 5.09. The number of ether oxygens (including phenoxy) is 2. The maximum Gasteiger partial charge on any atom is 0.333 e. The molecule has 0 aliphatic heterocycles. The number of carbonyl (C=O) groups excluding carboxylic acids is 2. The van der Waals surface area contributed by atoms with Crippen molar-refractivity contribution >= 4 is 19.8 Å². The molecule has 1 atom stereocenters. The van der Waals surface area contributed by atoms with E-state index in [0.29, 0.717) is 12.2 Å². The molecule has 10 heteroatoms. The molecule has 0 saturated carbocycles. The van der Waals surface area contributed by atoms with Gasteiger partial charge in [0, 0.05) is 11.1 Å². The number of quaternary nitrogens is 1. The van der Waals surface area contributed by atoms with E-state index in [0.717, 1.165) is 6.54 Å². The van der Waals surface area contributed by atoms with Crippen molar-refractivity contribution in [1.82, 2.24) is 0 Å². The molecule has 9 nitrogen and oxygen atoms in total. The molecule has 0 spiro atoms. The number of hydrogen-bond donors (Lipinski definition) is 2. The van der Waals surface area contributed by atoms with Crippen LogP contribution in [0, 0.1) is 0 Å². The fourth-order valence-corrected chi connectivity index (χ4v) is 1.19. The lowest BCUT2D eigenvalue weighted by atomic mass is 10.4.